The smallest absolute Gasteiger partial charge is 0.213 e. The number of allylic oxidation sites excluding steroid dienone is 3. The molecule has 2 rings (SSSR count). The van der Waals surface area contributed by atoms with Crippen LogP contribution in [0.3, 0.4) is 0 Å². The van der Waals surface area contributed by atoms with Crippen LogP contribution in [-0.4, -0.2) is 10.9 Å². The largest absolute Gasteiger partial charge is 0.507 e. The van der Waals surface area contributed by atoms with Gasteiger partial charge in [-0.25, -0.2) is 0 Å². The molecule has 0 amide bonds. The van der Waals surface area contributed by atoms with Gasteiger partial charge in [0.25, 0.3) is 0 Å². The minimum absolute atomic E-state index is 0.00831. The number of Topliss-reactive ketones (excluding diaryl/α,β-unsaturated/α-hetero) is 1. The highest BCUT2D eigenvalue weighted by atomic mass is 35.5. The summed E-state index contributed by atoms with van der Waals surface area (Å²) in [5, 5.41) is 20.8. The molecule has 0 aliphatic carbocycles. The number of ketones is 1. The molecule has 104 valence electrons. The number of carbonyl (C=O) groups excluding carboxylic acids is 1. The maximum absolute atomic E-state index is 12.1. The molecule has 0 unspecified atom stereocenters. The summed E-state index contributed by atoms with van der Waals surface area (Å²) in [6, 6.07) is 11.8. The van der Waals surface area contributed by atoms with Crippen LogP contribution in [0, 0.1) is 11.3 Å². The van der Waals surface area contributed by atoms with Gasteiger partial charge < -0.3 is 5.11 Å². The maximum atomic E-state index is 12.1. The van der Waals surface area contributed by atoms with Gasteiger partial charge in [-0.05, 0) is 35.7 Å². The van der Waals surface area contributed by atoms with Crippen LogP contribution in [0.4, 0.5) is 0 Å². The molecule has 0 aliphatic rings. The van der Waals surface area contributed by atoms with Gasteiger partial charge in [-0.15, -0.1) is 11.3 Å². The number of para-hydroxylation sites is 1. The van der Waals surface area contributed by atoms with Gasteiger partial charge in [-0.3, -0.25) is 4.79 Å². The van der Waals surface area contributed by atoms with Crippen LogP contribution < -0.4 is 0 Å². The van der Waals surface area contributed by atoms with E-state index in [-0.39, 0.29) is 22.1 Å². The van der Waals surface area contributed by atoms with Gasteiger partial charge in [0, 0.05) is 5.56 Å². The SMILES string of the molecule is N#C/C(=C\C=C(/Cl)c1ccccc1O)C(=O)c1cccs1. The summed E-state index contributed by atoms with van der Waals surface area (Å²) < 4.78 is 0. The number of nitriles is 1. The van der Waals surface area contributed by atoms with Gasteiger partial charge >= 0.3 is 0 Å². The highest BCUT2D eigenvalue weighted by molar-refractivity contribution is 7.12. The van der Waals surface area contributed by atoms with E-state index < -0.39 is 0 Å². The highest BCUT2D eigenvalue weighted by Gasteiger charge is 2.12. The molecule has 0 saturated heterocycles. The van der Waals surface area contributed by atoms with Crippen LogP contribution in [0.15, 0.2) is 59.5 Å². The summed E-state index contributed by atoms with van der Waals surface area (Å²) in [4.78, 5) is 12.5. The summed E-state index contributed by atoms with van der Waals surface area (Å²) in [6.07, 6.45) is 2.79. The third-order valence-electron chi connectivity index (χ3n) is 2.67. The first kappa shape index (κ1) is 15.0. The monoisotopic (exact) mass is 315 g/mol. The van der Waals surface area contributed by atoms with E-state index in [1.54, 1.807) is 35.7 Å². The van der Waals surface area contributed by atoms with E-state index in [0.717, 1.165) is 0 Å². The van der Waals surface area contributed by atoms with E-state index in [1.807, 2.05) is 6.07 Å². The van der Waals surface area contributed by atoms with Crippen LogP contribution in [0.25, 0.3) is 5.03 Å². The zero-order chi connectivity index (χ0) is 15.2. The van der Waals surface area contributed by atoms with Crippen molar-refractivity contribution in [1.29, 1.82) is 5.26 Å². The van der Waals surface area contributed by atoms with Gasteiger partial charge in [-0.2, -0.15) is 5.26 Å². The molecule has 0 spiro atoms. The van der Waals surface area contributed by atoms with E-state index in [4.69, 9.17) is 16.9 Å². The number of hydrogen-bond acceptors (Lipinski definition) is 4. The van der Waals surface area contributed by atoms with E-state index in [0.29, 0.717) is 10.4 Å². The Hall–Kier alpha value is -2.35. The Morgan fingerprint density at radius 2 is 2.00 bits per heavy atom. The first-order chi connectivity index (χ1) is 10.1. The van der Waals surface area contributed by atoms with Gasteiger partial charge in [0.15, 0.2) is 0 Å². The fourth-order valence-corrected chi connectivity index (χ4v) is 2.53. The lowest BCUT2D eigenvalue weighted by molar-refractivity contribution is 0.104. The second-order valence-electron chi connectivity index (χ2n) is 4.03. The van der Waals surface area contributed by atoms with Gasteiger partial charge in [0.2, 0.25) is 5.78 Å². The first-order valence-corrected chi connectivity index (χ1v) is 7.23. The van der Waals surface area contributed by atoms with E-state index in [2.05, 4.69) is 0 Å². The minimum Gasteiger partial charge on any atom is -0.507 e. The number of phenolic OH excluding ortho intramolecular Hbond substituents is 1. The summed E-state index contributed by atoms with van der Waals surface area (Å²) in [5.74, 6) is -0.305. The minimum atomic E-state index is -0.342. The second kappa shape index (κ2) is 6.89. The van der Waals surface area contributed by atoms with Gasteiger partial charge in [0.1, 0.15) is 17.4 Å². The molecule has 2 aromatic rings. The van der Waals surface area contributed by atoms with Crippen molar-refractivity contribution < 1.29 is 9.90 Å². The first-order valence-electron chi connectivity index (χ1n) is 5.97. The van der Waals surface area contributed by atoms with Crippen LogP contribution in [0.1, 0.15) is 15.2 Å². The third kappa shape index (κ3) is 3.60. The molecule has 0 bridgehead atoms. The fraction of sp³-hybridized carbons (Fsp3) is 0. The molecular weight excluding hydrogens is 306 g/mol. The van der Waals surface area contributed by atoms with Crippen LogP contribution in [0.2, 0.25) is 0 Å². The van der Waals surface area contributed by atoms with Crippen molar-refractivity contribution in [1.82, 2.24) is 0 Å². The topological polar surface area (TPSA) is 61.1 Å². The van der Waals surface area contributed by atoms with Crippen molar-refractivity contribution in [2.24, 2.45) is 0 Å². The molecular formula is C16H10ClNO2S. The summed E-state index contributed by atoms with van der Waals surface area (Å²) in [5.41, 5.74) is 0.433. The van der Waals surface area contributed by atoms with Crippen molar-refractivity contribution in [3.63, 3.8) is 0 Å². The average Bonchev–Trinajstić information content (AvgIpc) is 3.02. The second-order valence-corrected chi connectivity index (χ2v) is 5.39. The number of aromatic hydroxyl groups is 1. The fourth-order valence-electron chi connectivity index (χ4n) is 1.63. The van der Waals surface area contributed by atoms with Crippen molar-refractivity contribution in [3.05, 3.63) is 69.9 Å². The molecule has 0 radical (unpaired) electrons. The van der Waals surface area contributed by atoms with E-state index in [9.17, 15) is 9.90 Å². The van der Waals surface area contributed by atoms with Crippen molar-refractivity contribution in [3.8, 4) is 11.8 Å². The molecule has 0 atom stereocenters. The van der Waals surface area contributed by atoms with Crippen molar-refractivity contribution >= 4 is 33.8 Å². The molecule has 0 saturated carbocycles. The van der Waals surface area contributed by atoms with E-state index in [1.165, 1.54) is 29.6 Å². The standard InChI is InChI=1S/C16H10ClNO2S/c17-13(12-4-1-2-5-14(12)19)8-7-11(10-18)16(20)15-6-3-9-21-15/h1-9,19H/b11-7+,13-8-. The summed E-state index contributed by atoms with van der Waals surface area (Å²) in [6.45, 7) is 0. The molecule has 1 N–H and O–H groups in total. The molecule has 3 nitrogen and oxygen atoms in total. The number of nitrogens with zero attached hydrogens (tertiary/aromatic N) is 1. The Kier molecular flexibility index (Phi) is 4.94. The number of phenols is 1. The quantitative estimate of drug-likeness (QED) is 0.394. The zero-order valence-corrected chi connectivity index (χ0v) is 12.4. The Bertz CT molecular complexity index is 755. The lowest BCUT2D eigenvalue weighted by Gasteiger charge is -2.01. The van der Waals surface area contributed by atoms with Crippen LogP contribution in [-0.2, 0) is 0 Å². The summed E-state index contributed by atoms with van der Waals surface area (Å²) >= 11 is 7.35. The Balaban J connectivity index is 2.30. The van der Waals surface area contributed by atoms with Gasteiger partial charge in [-0.1, -0.05) is 29.8 Å². The lowest BCUT2D eigenvalue weighted by Crippen LogP contribution is -1.98. The third-order valence-corrected chi connectivity index (χ3v) is 3.87. The number of benzene rings is 1. The predicted octanol–water partition coefficient (Wildman–Crippen LogP) is 4.37. The molecule has 0 aliphatic heterocycles. The molecule has 1 aromatic heterocycles. The Labute approximate surface area is 131 Å². The zero-order valence-electron chi connectivity index (χ0n) is 10.8. The highest BCUT2D eigenvalue weighted by Crippen LogP contribution is 2.27. The van der Waals surface area contributed by atoms with Crippen molar-refractivity contribution in [2.75, 3.05) is 0 Å². The molecule has 0 fully saturated rings. The number of thiophene rings is 1. The van der Waals surface area contributed by atoms with Crippen LogP contribution in [0.5, 0.6) is 5.75 Å². The van der Waals surface area contributed by atoms with Gasteiger partial charge in [0.05, 0.1) is 9.91 Å². The number of rotatable bonds is 4. The molecule has 1 heterocycles. The molecule has 1 aromatic carbocycles. The molecule has 5 heteroatoms. The Morgan fingerprint density at radius 3 is 2.62 bits per heavy atom. The van der Waals surface area contributed by atoms with Crippen LogP contribution >= 0.6 is 22.9 Å². The number of hydrogen-bond donors (Lipinski definition) is 1. The Morgan fingerprint density at radius 1 is 1.24 bits per heavy atom. The lowest BCUT2D eigenvalue weighted by atomic mass is 10.1. The average molecular weight is 316 g/mol. The number of carbonyl (C=O) groups is 1. The van der Waals surface area contributed by atoms with E-state index >= 15 is 0 Å². The van der Waals surface area contributed by atoms with Crippen molar-refractivity contribution in [2.45, 2.75) is 0 Å². The predicted molar refractivity (Wildman–Crippen MR) is 84.3 cm³/mol. The maximum Gasteiger partial charge on any atom is 0.213 e. The molecule has 21 heavy (non-hydrogen) atoms. The summed E-state index contributed by atoms with van der Waals surface area (Å²) in [7, 11) is 0. The number of halogens is 1. The normalized spacial score (nSPS) is 12.0.